The van der Waals surface area contributed by atoms with Crippen molar-refractivity contribution in [3.63, 3.8) is 0 Å². The summed E-state index contributed by atoms with van der Waals surface area (Å²) in [5, 5.41) is 4.55. The highest BCUT2D eigenvalue weighted by atomic mass is 16.5. The number of rotatable bonds is 6. The van der Waals surface area contributed by atoms with Gasteiger partial charge in [-0.3, -0.25) is 4.98 Å². The first-order chi connectivity index (χ1) is 16.1. The zero-order valence-corrected chi connectivity index (χ0v) is 18.7. The lowest BCUT2D eigenvalue weighted by molar-refractivity contribution is 0.479. The van der Waals surface area contributed by atoms with Crippen LogP contribution >= 0.6 is 0 Å². The molecule has 0 aliphatic heterocycles. The molecule has 2 aromatic heterocycles. The molecule has 0 aliphatic rings. The van der Waals surface area contributed by atoms with Gasteiger partial charge in [0.05, 0.1) is 17.6 Å². The Morgan fingerprint density at radius 3 is 2.27 bits per heavy atom. The largest absolute Gasteiger partial charge is 0.457 e. The molecule has 5 aromatic rings. The Morgan fingerprint density at radius 1 is 0.727 bits per heavy atom. The topological polar surface area (TPSA) is 39.9 Å². The molecule has 0 aliphatic carbocycles. The van der Waals surface area contributed by atoms with Crippen molar-refractivity contribution in [2.45, 2.75) is 19.3 Å². The van der Waals surface area contributed by atoms with Gasteiger partial charge in [0, 0.05) is 29.4 Å². The van der Waals surface area contributed by atoms with E-state index >= 15 is 0 Å². The quantitative estimate of drug-likeness (QED) is 0.289. The minimum Gasteiger partial charge on any atom is -0.457 e. The van der Waals surface area contributed by atoms with Crippen LogP contribution in [0.2, 0.25) is 0 Å². The summed E-state index contributed by atoms with van der Waals surface area (Å²) in [5.41, 5.74) is 5.10. The van der Waals surface area contributed by atoms with E-state index in [1.807, 2.05) is 90.0 Å². The Kier molecular flexibility index (Phi) is 5.49. The molecule has 0 unspecified atom stereocenters. The van der Waals surface area contributed by atoms with Crippen LogP contribution in [0.5, 0.6) is 11.5 Å². The van der Waals surface area contributed by atoms with E-state index in [9.17, 15) is 0 Å². The van der Waals surface area contributed by atoms with Crippen LogP contribution in [0.4, 0.5) is 0 Å². The second kappa shape index (κ2) is 8.75. The molecular weight excluding hydrogens is 406 g/mol. The Hall–Kier alpha value is -4.18. The van der Waals surface area contributed by atoms with E-state index in [-0.39, 0.29) is 5.41 Å². The highest BCUT2D eigenvalue weighted by molar-refractivity contribution is 5.62. The molecule has 33 heavy (non-hydrogen) atoms. The van der Waals surface area contributed by atoms with Crippen LogP contribution in [0.25, 0.3) is 16.8 Å². The van der Waals surface area contributed by atoms with Crippen molar-refractivity contribution in [1.29, 1.82) is 0 Å². The molecule has 0 saturated carbocycles. The first-order valence-electron chi connectivity index (χ1n) is 11.0. The molecule has 0 bridgehead atoms. The number of benzene rings is 3. The van der Waals surface area contributed by atoms with E-state index in [1.54, 1.807) is 0 Å². The zero-order valence-electron chi connectivity index (χ0n) is 18.7. The predicted octanol–water partition coefficient (Wildman–Crippen LogP) is 7.05. The maximum Gasteiger partial charge on any atom is 0.129 e. The zero-order chi connectivity index (χ0) is 22.7. The molecule has 0 amide bonds. The summed E-state index contributed by atoms with van der Waals surface area (Å²) in [6.45, 7) is 4.36. The molecule has 162 valence electrons. The molecule has 0 saturated heterocycles. The summed E-state index contributed by atoms with van der Waals surface area (Å²) in [5.74, 6) is 1.55. The average Bonchev–Trinajstić information content (AvgIpc) is 3.36. The molecule has 5 rings (SSSR count). The third-order valence-electron chi connectivity index (χ3n) is 5.87. The van der Waals surface area contributed by atoms with E-state index in [1.165, 1.54) is 0 Å². The molecule has 4 nitrogen and oxygen atoms in total. The highest BCUT2D eigenvalue weighted by Crippen LogP contribution is 2.33. The van der Waals surface area contributed by atoms with Crippen LogP contribution in [0.1, 0.15) is 25.1 Å². The van der Waals surface area contributed by atoms with Crippen molar-refractivity contribution in [1.82, 2.24) is 14.8 Å². The van der Waals surface area contributed by atoms with Crippen molar-refractivity contribution in [3.05, 3.63) is 127 Å². The van der Waals surface area contributed by atoms with Gasteiger partial charge in [-0.25, -0.2) is 4.68 Å². The molecule has 0 N–H and O–H groups in total. The van der Waals surface area contributed by atoms with Gasteiger partial charge >= 0.3 is 0 Å². The van der Waals surface area contributed by atoms with Crippen molar-refractivity contribution < 1.29 is 4.74 Å². The van der Waals surface area contributed by atoms with Gasteiger partial charge in [-0.05, 0) is 47.5 Å². The SMILES string of the molecule is CC(C)(c1cccc(Oc2cccc(-n3cc(-c4ccccc4)cn3)c2)c1)c1ccccn1. The standard InChI is InChI=1S/C29H25N3O/c1-29(2,28-16-6-7-17-30-28)24-12-8-14-26(18-24)33-27-15-9-13-25(19-27)32-21-23(20-31-32)22-10-4-3-5-11-22/h3-21H,1-2H3. The van der Waals surface area contributed by atoms with Gasteiger partial charge in [-0.15, -0.1) is 0 Å². The second-order valence-electron chi connectivity index (χ2n) is 8.51. The third kappa shape index (κ3) is 4.41. The second-order valence-corrected chi connectivity index (χ2v) is 8.51. The Labute approximate surface area is 194 Å². The van der Waals surface area contributed by atoms with Crippen LogP contribution < -0.4 is 4.74 Å². The normalized spacial score (nSPS) is 11.3. The average molecular weight is 432 g/mol. The number of aromatic nitrogens is 3. The molecular formula is C29H25N3O. The van der Waals surface area contributed by atoms with E-state index in [4.69, 9.17) is 4.74 Å². The number of ether oxygens (including phenoxy) is 1. The summed E-state index contributed by atoms with van der Waals surface area (Å²) >= 11 is 0. The number of pyridine rings is 1. The Bertz CT molecular complexity index is 1360. The number of nitrogens with zero attached hydrogens (tertiary/aromatic N) is 3. The van der Waals surface area contributed by atoms with Gasteiger partial charge < -0.3 is 4.74 Å². The molecule has 2 heterocycles. The summed E-state index contributed by atoms with van der Waals surface area (Å²) in [6.07, 6.45) is 5.75. The maximum atomic E-state index is 6.24. The number of hydrogen-bond donors (Lipinski definition) is 0. The first-order valence-corrected chi connectivity index (χ1v) is 11.0. The predicted molar refractivity (Wildman–Crippen MR) is 132 cm³/mol. The van der Waals surface area contributed by atoms with Gasteiger partial charge in [0.25, 0.3) is 0 Å². The van der Waals surface area contributed by atoms with Crippen molar-refractivity contribution in [2.24, 2.45) is 0 Å². The fourth-order valence-corrected chi connectivity index (χ4v) is 3.90. The fourth-order valence-electron chi connectivity index (χ4n) is 3.90. The van der Waals surface area contributed by atoms with Crippen LogP contribution in [-0.4, -0.2) is 14.8 Å². The molecule has 0 radical (unpaired) electrons. The Morgan fingerprint density at radius 2 is 1.48 bits per heavy atom. The summed E-state index contributed by atoms with van der Waals surface area (Å²) < 4.78 is 8.11. The minimum absolute atomic E-state index is 0.231. The van der Waals surface area contributed by atoms with E-state index in [2.05, 4.69) is 54.3 Å². The van der Waals surface area contributed by atoms with Crippen LogP contribution in [0.3, 0.4) is 0 Å². The first kappa shape index (κ1) is 20.7. The van der Waals surface area contributed by atoms with E-state index < -0.39 is 0 Å². The Balaban J connectivity index is 1.39. The van der Waals surface area contributed by atoms with Gasteiger partial charge in [0.2, 0.25) is 0 Å². The fraction of sp³-hybridized carbons (Fsp3) is 0.103. The summed E-state index contributed by atoms with van der Waals surface area (Å²) in [7, 11) is 0. The van der Waals surface area contributed by atoms with Crippen molar-refractivity contribution in [3.8, 4) is 28.3 Å². The molecule has 3 aromatic carbocycles. The lowest BCUT2D eigenvalue weighted by atomic mass is 9.81. The molecule has 0 fully saturated rings. The smallest absolute Gasteiger partial charge is 0.129 e. The molecule has 0 spiro atoms. The monoisotopic (exact) mass is 431 g/mol. The summed E-state index contributed by atoms with van der Waals surface area (Å²) in [4.78, 5) is 4.56. The van der Waals surface area contributed by atoms with Crippen LogP contribution in [-0.2, 0) is 5.41 Å². The van der Waals surface area contributed by atoms with Crippen molar-refractivity contribution >= 4 is 0 Å². The van der Waals surface area contributed by atoms with Crippen molar-refractivity contribution in [2.75, 3.05) is 0 Å². The van der Waals surface area contributed by atoms with Gasteiger partial charge in [-0.1, -0.05) is 68.4 Å². The van der Waals surface area contributed by atoms with Gasteiger partial charge in [-0.2, -0.15) is 5.10 Å². The van der Waals surface area contributed by atoms with E-state index in [0.717, 1.165) is 39.6 Å². The summed E-state index contributed by atoms with van der Waals surface area (Å²) in [6, 6.07) is 32.4. The maximum absolute atomic E-state index is 6.24. The molecule has 4 heteroatoms. The van der Waals surface area contributed by atoms with Crippen LogP contribution in [0.15, 0.2) is 116 Å². The van der Waals surface area contributed by atoms with E-state index in [0.29, 0.717) is 0 Å². The third-order valence-corrected chi connectivity index (χ3v) is 5.87. The van der Waals surface area contributed by atoms with Gasteiger partial charge in [0.1, 0.15) is 11.5 Å². The minimum atomic E-state index is -0.231. The van der Waals surface area contributed by atoms with Crippen LogP contribution in [0, 0.1) is 0 Å². The number of hydrogen-bond acceptors (Lipinski definition) is 3. The van der Waals surface area contributed by atoms with Gasteiger partial charge in [0.15, 0.2) is 0 Å². The lowest BCUT2D eigenvalue weighted by Crippen LogP contribution is -2.20. The lowest BCUT2D eigenvalue weighted by Gasteiger charge is -2.25. The highest BCUT2D eigenvalue weighted by Gasteiger charge is 2.24. The molecule has 0 atom stereocenters.